The molecule has 1 fully saturated rings. The molecule has 6 nitrogen and oxygen atoms in total. The Morgan fingerprint density at radius 2 is 2.26 bits per heavy atom. The summed E-state index contributed by atoms with van der Waals surface area (Å²) < 4.78 is 11.5. The molecule has 0 radical (unpaired) electrons. The second-order valence-corrected chi connectivity index (χ2v) is 5.19. The highest BCUT2D eigenvalue weighted by Gasteiger charge is 2.14. The van der Waals surface area contributed by atoms with Crippen LogP contribution in [0.5, 0.6) is 0 Å². The van der Waals surface area contributed by atoms with Gasteiger partial charge in [0, 0.05) is 29.7 Å². The number of nitrogens with zero attached hydrogens (tertiary/aromatic N) is 1. The van der Waals surface area contributed by atoms with Crippen LogP contribution >= 0.6 is 15.9 Å². The Bertz CT molecular complexity index is 449. The standard InChI is InChI=1S/C12H15BrN2O4/c13-10-3-9(4-11(5-10)15(16)17)6-14-7-12-8-18-1-2-19-12/h3-5,12,14H,1-2,6-8H2. The van der Waals surface area contributed by atoms with Crippen molar-refractivity contribution >= 4 is 21.6 Å². The quantitative estimate of drug-likeness (QED) is 0.659. The smallest absolute Gasteiger partial charge is 0.270 e. The number of nitrogens with one attached hydrogen (secondary N) is 1. The van der Waals surface area contributed by atoms with Gasteiger partial charge in [0.2, 0.25) is 0 Å². The number of nitro groups is 1. The van der Waals surface area contributed by atoms with Gasteiger partial charge in [-0.1, -0.05) is 15.9 Å². The number of halogens is 1. The molecular formula is C12H15BrN2O4. The number of nitro benzene ring substituents is 1. The predicted molar refractivity (Wildman–Crippen MR) is 73.1 cm³/mol. The molecule has 0 aliphatic carbocycles. The molecule has 2 rings (SSSR count). The molecule has 19 heavy (non-hydrogen) atoms. The molecule has 1 N–H and O–H groups in total. The monoisotopic (exact) mass is 330 g/mol. The molecule has 1 atom stereocenters. The lowest BCUT2D eigenvalue weighted by atomic mass is 10.2. The molecule has 1 aliphatic heterocycles. The van der Waals surface area contributed by atoms with Gasteiger partial charge in [0.15, 0.2) is 0 Å². The van der Waals surface area contributed by atoms with E-state index in [1.54, 1.807) is 6.07 Å². The molecule has 1 saturated heterocycles. The lowest BCUT2D eigenvalue weighted by Gasteiger charge is -2.23. The molecule has 0 aromatic heterocycles. The van der Waals surface area contributed by atoms with Crippen LogP contribution in [0.15, 0.2) is 22.7 Å². The lowest BCUT2D eigenvalue weighted by Crippen LogP contribution is -2.37. The highest BCUT2D eigenvalue weighted by atomic mass is 79.9. The first-order valence-electron chi connectivity index (χ1n) is 5.99. The van der Waals surface area contributed by atoms with Crippen molar-refractivity contribution in [3.63, 3.8) is 0 Å². The molecule has 104 valence electrons. The van der Waals surface area contributed by atoms with Crippen molar-refractivity contribution in [1.29, 1.82) is 0 Å². The van der Waals surface area contributed by atoms with Crippen LogP contribution in [0.25, 0.3) is 0 Å². The largest absolute Gasteiger partial charge is 0.376 e. The maximum Gasteiger partial charge on any atom is 0.270 e. The van der Waals surface area contributed by atoms with Crippen LogP contribution in [0.1, 0.15) is 5.56 Å². The molecule has 0 amide bonds. The summed E-state index contributed by atoms with van der Waals surface area (Å²) in [6, 6.07) is 4.91. The van der Waals surface area contributed by atoms with E-state index in [2.05, 4.69) is 21.2 Å². The van der Waals surface area contributed by atoms with Gasteiger partial charge < -0.3 is 14.8 Å². The number of hydrogen-bond donors (Lipinski definition) is 1. The summed E-state index contributed by atoms with van der Waals surface area (Å²) in [6.45, 7) is 3.08. The van der Waals surface area contributed by atoms with E-state index in [4.69, 9.17) is 9.47 Å². The van der Waals surface area contributed by atoms with Gasteiger partial charge in [0.25, 0.3) is 5.69 Å². The van der Waals surface area contributed by atoms with E-state index in [1.165, 1.54) is 6.07 Å². The van der Waals surface area contributed by atoms with Crippen molar-refractivity contribution in [2.24, 2.45) is 0 Å². The predicted octanol–water partition coefficient (Wildman–Crippen LogP) is 1.86. The third-order valence-corrected chi connectivity index (χ3v) is 3.20. The van der Waals surface area contributed by atoms with Crippen LogP contribution in [-0.4, -0.2) is 37.4 Å². The molecule has 7 heteroatoms. The molecule has 1 aromatic carbocycles. The second kappa shape index (κ2) is 6.95. The van der Waals surface area contributed by atoms with E-state index in [1.807, 2.05) is 6.07 Å². The molecule has 1 aliphatic rings. The minimum atomic E-state index is -0.396. The zero-order chi connectivity index (χ0) is 13.7. The fourth-order valence-electron chi connectivity index (χ4n) is 1.87. The maximum atomic E-state index is 10.8. The normalized spacial score (nSPS) is 19.3. The molecule has 0 spiro atoms. The number of non-ortho nitro benzene ring substituents is 1. The number of rotatable bonds is 5. The molecular weight excluding hydrogens is 316 g/mol. The zero-order valence-corrected chi connectivity index (χ0v) is 11.9. The second-order valence-electron chi connectivity index (χ2n) is 4.27. The minimum Gasteiger partial charge on any atom is -0.376 e. The van der Waals surface area contributed by atoms with Crippen LogP contribution in [0.2, 0.25) is 0 Å². The summed E-state index contributed by atoms with van der Waals surface area (Å²) in [6.07, 6.45) is 0.0517. The summed E-state index contributed by atoms with van der Waals surface area (Å²) >= 11 is 3.27. The first-order chi connectivity index (χ1) is 9.15. The van der Waals surface area contributed by atoms with E-state index >= 15 is 0 Å². The van der Waals surface area contributed by atoms with Gasteiger partial charge in [-0.25, -0.2) is 0 Å². The summed E-state index contributed by atoms with van der Waals surface area (Å²) in [5.41, 5.74) is 0.946. The Kier molecular flexibility index (Phi) is 5.26. The lowest BCUT2D eigenvalue weighted by molar-refractivity contribution is -0.385. The summed E-state index contributed by atoms with van der Waals surface area (Å²) in [7, 11) is 0. The van der Waals surface area contributed by atoms with Crippen molar-refractivity contribution < 1.29 is 14.4 Å². The van der Waals surface area contributed by atoms with E-state index in [9.17, 15) is 10.1 Å². The van der Waals surface area contributed by atoms with Crippen LogP contribution < -0.4 is 5.32 Å². The van der Waals surface area contributed by atoms with Gasteiger partial charge >= 0.3 is 0 Å². The van der Waals surface area contributed by atoms with Gasteiger partial charge in [0.05, 0.1) is 30.8 Å². The van der Waals surface area contributed by atoms with Gasteiger partial charge in [0.1, 0.15) is 0 Å². The Hall–Kier alpha value is -1.02. The van der Waals surface area contributed by atoms with E-state index in [-0.39, 0.29) is 11.8 Å². The molecule has 1 aromatic rings. The Balaban J connectivity index is 1.86. The van der Waals surface area contributed by atoms with Gasteiger partial charge in [-0.15, -0.1) is 0 Å². The minimum absolute atomic E-state index is 0.0517. The van der Waals surface area contributed by atoms with Crippen molar-refractivity contribution in [2.75, 3.05) is 26.4 Å². The Morgan fingerprint density at radius 3 is 2.95 bits per heavy atom. The van der Waals surface area contributed by atoms with E-state index in [0.717, 1.165) is 5.56 Å². The van der Waals surface area contributed by atoms with Crippen LogP contribution in [0.4, 0.5) is 5.69 Å². The van der Waals surface area contributed by atoms with Gasteiger partial charge in [-0.3, -0.25) is 10.1 Å². The van der Waals surface area contributed by atoms with Crippen LogP contribution in [-0.2, 0) is 16.0 Å². The van der Waals surface area contributed by atoms with Crippen molar-refractivity contribution in [3.8, 4) is 0 Å². The molecule has 1 unspecified atom stereocenters. The van der Waals surface area contributed by atoms with Crippen molar-refractivity contribution in [2.45, 2.75) is 12.6 Å². The molecule has 0 bridgehead atoms. The summed E-state index contributed by atoms with van der Waals surface area (Å²) in [5.74, 6) is 0. The highest BCUT2D eigenvalue weighted by Crippen LogP contribution is 2.21. The summed E-state index contributed by atoms with van der Waals surface area (Å²) in [5, 5.41) is 14.0. The third-order valence-electron chi connectivity index (χ3n) is 2.74. The van der Waals surface area contributed by atoms with Crippen molar-refractivity contribution in [1.82, 2.24) is 5.32 Å². The fourth-order valence-corrected chi connectivity index (χ4v) is 2.40. The van der Waals surface area contributed by atoms with Crippen LogP contribution in [0.3, 0.4) is 0 Å². The molecule has 0 saturated carbocycles. The highest BCUT2D eigenvalue weighted by molar-refractivity contribution is 9.10. The average molecular weight is 331 g/mol. The first-order valence-corrected chi connectivity index (χ1v) is 6.78. The van der Waals surface area contributed by atoms with Gasteiger partial charge in [-0.2, -0.15) is 0 Å². The third kappa shape index (κ3) is 4.54. The van der Waals surface area contributed by atoms with E-state index < -0.39 is 4.92 Å². The number of ether oxygens (including phenoxy) is 2. The average Bonchev–Trinajstić information content (AvgIpc) is 2.39. The molecule has 1 heterocycles. The topological polar surface area (TPSA) is 73.6 Å². The first kappa shape index (κ1) is 14.4. The maximum absolute atomic E-state index is 10.8. The van der Waals surface area contributed by atoms with E-state index in [0.29, 0.717) is 37.4 Å². The van der Waals surface area contributed by atoms with Crippen molar-refractivity contribution in [3.05, 3.63) is 38.3 Å². The number of benzene rings is 1. The van der Waals surface area contributed by atoms with Crippen LogP contribution in [0, 0.1) is 10.1 Å². The zero-order valence-electron chi connectivity index (χ0n) is 10.3. The number of hydrogen-bond acceptors (Lipinski definition) is 5. The Morgan fingerprint density at radius 1 is 1.42 bits per heavy atom. The SMILES string of the molecule is O=[N+]([O-])c1cc(Br)cc(CNCC2COCCO2)c1. The fraction of sp³-hybridized carbons (Fsp3) is 0.500. The Labute approximate surface area is 119 Å². The summed E-state index contributed by atoms with van der Waals surface area (Å²) in [4.78, 5) is 10.4. The van der Waals surface area contributed by atoms with Gasteiger partial charge in [-0.05, 0) is 11.6 Å².